The molecule has 0 saturated carbocycles. The first-order valence-corrected chi connectivity index (χ1v) is 8.43. The zero-order valence-electron chi connectivity index (χ0n) is 12.8. The predicted octanol–water partition coefficient (Wildman–Crippen LogP) is 5.89. The van der Waals surface area contributed by atoms with Crippen LogP contribution < -0.4 is 5.32 Å². The fourth-order valence-corrected chi connectivity index (χ4v) is 2.66. The van der Waals surface area contributed by atoms with E-state index in [2.05, 4.69) is 76.5 Å². The van der Waals surface area contributed by atoms with Gasteiger partial charge in [-0.1, -0.05) is 56.5 Å². The van der Waals surface area contributed by atoms with Gasteiger partial charge in [0.15, 0.2) is 0 Å². The van der Waals surface area contributed by atoms with E-state index in [0.717, 1.165) is 22.3 Å². The number of halogens is 1. The van der Waals surface area contributed by atoms with Crippen molar-refractivity contribution in [2.24, 2.45) is 0 Å². The van der Waals surface area contributed by atoms with Crippen molar-refractivity contribution in [3.63, 3.8) is 0 Å². The minimum Gasteiger partial charge on any atom is -0.377 e. The van der Waals surface area contributed by atoms with Crippen LogP contribution >= 0.6 is 15.9 Å². The molecule has 1 N–H and O–H groups in total. The highest BCUT2D eigenvalue weighted by atomic mass is 79.9. The van der Waals surface area contributed by atoms with Crippen LogP contribution in [0.3, 0.4) is 0 Å². The first kappa shape index (κ1) is 16.0. The molecule has 1 unspecified atom stereocenters. The highest BCUT2D eigenvalue weighted by Gasteiger charge is 2.11. The number of aryl methyl sites for hydroxylation is 1. The Balaban J connectivity index is 2.13. The van der Waals surface area contributed by atoms with Crippen molar-refractivity contribution < 1.29 is 0 Å². The van der Waals surface area contributed by atoms with Crippen molar-refractivity contribution in [3.8, 4) is 0 Å². The summed E-state index contributed by atoms with van der Waals surface area (Å²) in [4.78, 5) is 4.38. The van der Waals surface area contributed by atoms with E-state index >= 15 is 0 Å². The largest absolute Gasteiger partial charge is 0.377 e. The van der Waals surface area contributed by atoms with Gasteiger partial charge >= 0.3 is 0 Å². The SMILES string of the molecule is CCCCCC(Nc1cnc(Br)c(C)c1)c1ccccc1. The molecular weight excluding hydrogens is 324 g/mol. The van der Waals surface area contributed by atoms with E-state index in [0.29, 0.717) is 6.04 Å². The van der Waals surface area contributed by atoms with Gasteiger partial charge in [-0.15, -0.1) is 0 Å². The van der Waals surface area contributed by atoms with Crippen molar-refractivity contribution in [1.29, 1.82) is 0 Å². The molecule has 3 heteroatoms. The summed E-state index contributed by atoms with van der Waals surface area (Å²) < 4.78 is 0.912. The number of unbranched alkanes of at least 4 members (excludes halogenated alkanes) is 2. The molecule has 0 saturated heterocycles. The number of aromatic nitrogens is 1. The van der Waals surface area contributed by atoms with Gasteiger partial charge < -0.3 is 5.32 Å². The standard InChI is InChI=1S/C18H23BrN2/c1-3-4-6-11-17(15-9-7-5-8-10-15)21-16-12-14(2)18(19)20-13-16/h5,7-10,12-13,17,21H,3-4,6,11H2,1-2H3. The number of benzene rings is 1. The lowest BCUT2D eigenvalue weighted by Crippen LogP contribution is -2.11. The van der Waals surface area contributed by atoms with Gasteiger partial charge in [0.1, 0.15) is 4.60 Å². The summed E-state index contributed by atoms with van der Waals surface area (Å²) in [6.07, 6.45) is 6.81. The Morgan fingerprint density at radius 1 is 1.19 bits per heavy atom. The number of hydrogen-bond acceptors (Lipinski definition) is 2. The monoisotopic (exact) mass is 346 g/mol. The van der Waals surface area contributed by atoms with Gasteiger partial charge in [0.25, 0.3) is 0 Å². The third-order valence-electron chi connectivity index (χ3n) is 3.65. The molecule has 2 aromatic rings. The number of anilines is 1. The van der Waals surface area contributed by atoms with Crippen LogP contribution in [-0.2, 0) is 0 Å². The summed E-state index contributed by atoms with van der Waals surface area (Å²) in [6, 6.07) is 13.2. The molecule has 0 fully saturated rings. The van der Waals surface area contributed by atoms with Crippen molar-refractivity contribution in [2.45, 2.75) is 45.6 Å². The topological polar surface area (TPSA) is 24.9 Å². The third kappa shape index (κ3) is 4.85. The molecular formula is C18H23BrN2. The zero-order valence-corrected chi connectivity index (χ0v) is 14.4. The fraction of sp³-hybridized carbons (Fsp3) is 0.389. The van der Waals surface area contributed by atoms with E-state index in [1.807, 2.05) is 6.20 Å². The van der Waals surface area contributed by atoms with Gasteiger partial charge in [-0.05, 0) is 46.5 Å². The molecule has 0 radical (unpaired) electrons. The summed E-state index contributed by atoms with van der Waals surface area (Å²) >= 11 is 3.45. The summed E-state index contributed by atoms with van der Waals surface area (Å²) in [5, 5.41) is 3.64. The van der Waals surface area contributed by atoms with E-state index in [-0.39, 0.29) is 0 Å². The van der Waals surface area contributed by atoms with E-state index in [9.17, 15) is 0 Å². The Morgan fingerprint density at radius 2 is 1.95 bits per heavy atom. The maximum Gasteiger partial charge on any atom is 0.109 e. The first-order valence-electron chi connectivity index (χ1n) is 7.64. The highest BCUT2D eigenvalue weighted by molar-refractivity contribution is 9.10. The lowest BCUT2D eigenvalue weighted by atomic mass is 10.00. The van der Waals surface area contributed by atoms with E-state index in [1.54, 1.807) is 0 Å². The van der Waals surface area contributed by atoms with Crippen LogP contribution in [0.2, 0.25) is 0 Å². The molecule has 21 heavy (non-hydrogen) atoms. The van der Waals surface area contributed by atoms with Crippen LogP contribution in [0.5, 0.6) is 0 Å². The molecule has 2 nitrogen and oxygen atoms in total. The lowest BCUT2D eigenvalue weighted by Gasteiger charge is -2.20. The maximum absolute atomic E-state index is 4.38. The minimum atomic E-state index is 0.347. The number of hydrogen-bond donors (Lipinski definition) is 1. The number of nitrogens with one attached hydrogen (secondary N) is 1. The van der Waals surface area contributed by atoms with Crippen LogP contribution in [-0.4, -0.2) is 4.98 Å². The first-order chi connectivity index (χ1) is 10.2. The van der Waals surface area contributed by atoms with Crippen molar-refractivity contribution in [2.75, 3.05) is 5.32 Å². The fourth-order valence-electron chi connectivity index (χ4n) is 2.44. The molecule has 1 heterocycles. The van der Waals surface area contributed by atoms with E-state index < -0.39 is 0 Å². The average Bonchev–Trinajstić information content (AvgIpc) is 2.51. The van der Waals surface area contributed by atoms with Crippen LogP contribution in [0.4, 0.5) is 5.69 Å². The average molecular weight is 347 g/mol. The Kier molecular flexibility index (Phi) is 6.24. The van der Waals surface area contributed by atoms with Crippen molar-refractivity contribution in [3.05, 3.63) is 58.3 Å². The molecule has 1 aromatic heterocycles. The van der Waals surface area contributed by atoms with Crippen molar-refractivity contribution >= 4 is 21.6 Å². The maximum atomic E-state index is 4.38. The normalized spacial score (nSPS) is 12.1. The van der Waals surface area contributed by atoms with Gasteiger partial charge in [-0.25, -0.2) is 4.98 Å². The Hall–Kier alpha value is -1.35. The zero-order chi connectivity index (χ0) is 15.1. The molecule has 0 aliphatic heterocycles. The minimum absolute atomic E-state index is 0.347. The van der Waals surface area contributed by atoms with E-state index in [1.165, 1.54) is 24.8 Å². The second kappa shape index (κ2) is 8.18. The summed E-state index contributed by atoms with van der Waals surface area (Å²) in [6.45, 7) is 4.31. The number of nitrogens with zero attached hydrogens (tertiary/aromatic N) is 1. The molecule has 0 spiro atoms. The Bertz CT molecular complexity index is 554. The molecule has 0 aliphatic carbocycles. The third-order valence-corrected chi connectivity index (χ3v) is 4.48. The van der Waals surface area contributed by atoms with Crippen LogP contribution in [0.25, 0.3) is 0 Å². The van der Waals surface area contributed by atoms with Gasteiger partial charge in [0.05, 0.1) is 17.9 Å². The Morgan fingerprint density at radius 3 is 2.62 bits per heavy atom. The smallest absolute Gasteiger partial charge is 0.109 e. The highest BCUT2D eigenvalue weighted by Crippen LogP contribution is 2.26. The van der Waals surface area contributed by atoms with Crippen LogP contribution in [0, 0.1) is 6.92 Å². The second-order valence-corrected chi connectivity index (χ2v) is 6.19. The summed E-state index contributed by atoms with van der Waals surface area (Å²) in [5.74, 6) is 0. The van der Waals surface area contributed by atoms with Gasteiger partial charge in [0, 0.05) is 0 Å². The van der Waals surface area contributed by atoms with Gasteiger partial charge in [-0.3, -0.25) is 0 Å². The molecule has 112 valence electrons. The van der Waals surface area contributed by atoms with Gasteiger partial charge in [-0.2, -0.15) is 0 Å². The summed E-state index contributed by atoms with van der Waals surface area (Å²) in [7, 11) is 0. The predicted molar refractivity (Wildman–Crippen MR) is 93.6 cm³/mol. The van der Waals surface area contributed by atoms with Crippen LogP contribution in [0.1, 0.15) is 49.8 Å². The molecule has 0 bridgehead atoms. The lowest BCUT2D eigenvalue weighted by molar-refractivity contribution is 0.606. The molecule has 1 atom stereocenters. The summed E-state index contributed by atoms with van der Waals surface area (Å²) in [5.41, 5.74) is 3.58. The molecule has 0 amide bonds. The quantitative estimate of drug-likeness (QED) is 0.499. The second-order valence-electron chi connectivity index (χ2n) is 5.44. The number of rotatable bonds is 7. The molecule has 1 aromatic carbocycles. The van der Waals surface area contributed by atoms with E-state index in [4.69, 9.17) is 0 Å². The Labute approximate surface area is 136 Å². The number of pyridine rings is 1. The van der Waals surface area contributed by atoms with Gasteiger partial charge in [0.2, 0.25) is 0 Å². The van der Waals surface area contributed by atoms with Crippen LogP contribution in [0.15, 0.2) is 47.2 Å². The molecule has 2 rings (SSSR count). The molecule has 0 aliphatic rings. The van der Waals surface area contributed by atoms with Crippen molar-refractivity contribution in [1.82, 2.24) is 4.98 Å².